The minimum atomic E-state index is -0.393. The first-order valence-electron chi connectivity index (χ1n) is 5.88. The van der Waals surface area contributed by atoms with E-state index in [1.165, 1.54) is 7.11 Å². The Balaban J connectivity index is 2.11. The molecule has 1 fully saturated rings. The van der Waals surface area contributed by atoms with E-state index in [0.29, 0.717) is 18.2 Å². The van der Waals surface area contributed by atoms with Crippen molar-refractivity contribution in [2.24, 2.45) is 5.92 Å². The largest absolute Gasteiger partial charge is 0.467 e. The lowest BCUT2D eigenvalue weighted by molar-refractivity contribution is -0.142. The molecule has 4 nitrogen and oxygen atoms in total. The monoisotopic (exact) mass is 269 g/mol. The van der Waals surface area contributed by atoms with Crippen molar-refractivity contribution >= 4 is 23.3 Å². The number of carbonyl (C=O) groups is 1. The molecule has 1 aliphatic rings. The van der Waals surface area contributed by atoms with E-state index >= 15 is 0 Å². The van der Waals surface area contributed by atoms with Crippen LogP contribution in [0.4, 0.5) is 5.69 Å². The van der Waals surface area contributed by atoms with Crippen LogP contribution in [-0.2, 0) is 14.3 Å². The number of methoxy groups -OCH3 is 1. The van der Waals surface area contributed by atoms with Gasteiger partial charge in [0.1, 0.15) is 6.04 Å². The molecule has 18 heavy (non-hydrogen) atoms. The summed E-state index contributed by atoms with van der Waals surface area (Å²) in [6.45, 7) is 1.27. The first-order valence-corrected chi connectivity index (χ1v) is 6.26. The summed E-state index contributed by atoms with van der Waals surface area (Å²) in [6.07, 6.45) is 0.854. The molecule has 1 aromatic carbocycles. The summed E-state index contributed by atoms with van der Waals surface area (Å²) >= 11 is 5.92. The fourth-order valence-electron chi connectivity index (χ4n) is 2.07. The van der Waals surface area contributed by atoms with E-state index in [0.717, 1.165) is 12.1 Å². The van der Waals surface area contributed by atoms with Crippen molar-refractivity contribution in [3.05, 3.63) is 29.3 Å². The number of rotatable bonds is 4. The predicted octanol–water partition coefficient (Wildman–Crippen LogP) is 2.33. The minimum absolute atomic E-state index is 0.136. The zero-order valence-electron chi connectivity index (χ0n) is 10.2. The van der Waals surface area contributed by atoms with Gasteiger partial charge in [-0.15, -0.1) is 0 Å². The molecule has 0 amide bonds. The lowest BCUT2D eigenvalue weighted by atomic mass is 9.99. The number of nitrogens with one attached hydrogen (secondary N) is 1. The van der Waals surface area contributed by atoms with Crippen molar-refractivity contribution in [2.75, 3.05) is 25.6 Å². The molecule has 0 spiro atoms. The molecular formula is C13H16ClNO3. The van der Waals surface area contributed by atoms with E-state index in [1.54, 1.807) is 12.1 Å². The molecule has 2 atom stereocenters. The SMILES string of the molecule is COC(=O)C(Nc1cccc(Cl)c1)C1CCOC1. The normalized spacial score (nSPS) is 20.4. The van der Waals surface area contributed by atoms with E-state index in [4.69, 9.17) is 21.1 Å². The summed E-state index contributed by atoms with van der Waals surface area (Å²) in [5.41, 5.74) is 0.810. The standard InChI is InChI=1S/C13H16ClNO3/c1-17-13(16)12(9-5-6-18-8-9)15-11-4-2-3-10(14)7-11/h2-4,7,9,12,15H,5-6,8H2,1H3. The van der Waals surface area contributed by atoms with E-state index in [9.17, 15) is 4.79 Å². The second-order valence-electron chi connectivity index (χ2n) is 4.28. The second-order valence-corrected chi connectivity index (χ2v) is 4.72. The van der Waals surface area contributed by atoms with Crippen molar-refractivity contribution in [1.29, 1.82) is 0 Å². The maximum atomic E-state index is 11.8. The molecule has 2 unspecified atom stereocenters. The molecule has 5 heteroatoms. The predicted molar refractivity (Wildman–Crippen MR) is 69.8 cm³/mol. The molecule has 1 saturated heterocycles. The van der Waals surface area contributed by atoms with E-state index in [2.05, 4.69) is 5.32 Å². The molecule has 98 valence electrons. The summed E-state index contributed by atoms with van der Waals surface area (Å²) in [4.78, 5) is 11.8. The summed E-state index contributed by atoms with van der Waals surface area (Å²) in [6, 6.07) is 6.89. The molecule has 1 N–H and O–H groups in total. The number of ether oxygens (including phenoxy) is 2. The van der Waals surface area contributed by atoms with Crippen LogP contribution in [0, 0.1) is 5.92 Å². The zero-order valence-corrected chi connectivity index (χ0v) is 10.9. The Labute approximate surface area is 111 Å². The number of halogens is 1. The quantitative estimate of drug-likeness (QED) is 0.853. The van der Waals surface area contributed by atoms with Crippen LogP contribution in [0.2, 0.25) is 5.02 Å². The smallest absolute Gasteiger partial charge is 0.328 e. The van der Waals surface area contributed by atoms with E-state index in [1.807, 2.05) is 12.1 Å². The van der Waals surface area contributed by atoms with Gasteiger partial charge in [0.05, 0.1) is 13.7 Å². The molecule has 0 saturated carbocycles. The van der Waals surface area contributed by atoms with E-state index < -0.39 is 6.04 Å². The highest BCUT2D eigenvalue weighted by molar-refractivity contribution is 6.30. The highest BCUT2D eigenvalue weighted by Crippen LogP contribution is 2.23. The summed E-state index contributed by atoms with van der Waals surface area (Å²) in [5, 5.41) is 3.80. The van der Waals surface area contributed by atoms with Gasteiger partial charge in [0.25, 0.3) is 0 Å². The molecule has 1 aliphatic heterocycles. The lowest BCUT2D eigenvalue weighted by Crippen LogP contribution is -2.38. The third-order valence-corrected chi connectivity index (χ3v) is 3.27. The Bertz CT molecular complexity index is 418. The number of benzene rings is 1. The molecule has 2 rings (SSSR count). The summed E-state index contributed by atoms with van der Waals surface area (Å²) < 4.78 is 10.2. The fraction of sp³-hybridized carbons (Fsp3) is 0.462. The van der Waals surface area contributed by atoms with Gasteiger partial charge >= 0.3 is 5.97 Å². The van der Waals surface area contributed by atoms with Crippen molar-refractivity contribution in [3.63, 3.8) is 0 Å². The maximum Gasteiger partial charge on any atom is 0.328 e. The van der Waals surface area contributed by atoms with Crippen LogP contribution in [0.25, 0.3) is 0 Å². The average molecular weight is 270 g/mol. The van der Waals surface area contributed by atoms with Gasteiger partial charge in [-0.3, -0.25) is 0 Å². The molecule has 0 radical (unpaired) electrons. The lowest BCUT2D eigenvalue weighted by Gasteiger charge is -2.22. The topological polar surface area (TPSA) is 47.6 Å². The molecule has 0 bridgehead atoms. The van der Waals surface area contributed by atoms with Crippen LogP contribution < -0.4 is 5.32 Å². The first-order chi connectivity index (χ1) is 8.70. The zero-order chi connectivity index (χ0) is 13.0. The van der Waals surface area contributed by atoms with Gasteiger partial charge in [-0.05, 0) is 24.6 Å². The third kappa shape index (κ3) is 3.15. The molecule has 0 aliphatic carbocycles. The Kier molecular flexibility index (Phi) is 4.44. The molecule has 0 aromatic heterocycles. The van der Waals surface area contributed by atoms with Gasteiger partial charge in [0.15, 0.2) is 0 Å². The Hall–Kier alpha value is -1.26. The maximum absolute atomic E-state index is 11.8. The van der Waals surface area contributed by atoms with Gasteiger partial charge in [-0.2, -0.15) is 0 Å². The van der Waals surface area contributed by atoms with Crippen molar-refractivity contribution in [2.45, 2.75) is 12.5 Å². The van der Waals surface area contributed by atoms with Crippen LogP contribution in [0.15, 0.2) is 24.3 Å². The van der Waals surface area contributed by atoms with Gasteiger partial charge in [-0.25, -0.2) is 4.79 Å². The fourth-order valence-corrected chi connectivity index (χ4v) is 2.26. The average Bonchev–Trinajstić information content (AvgIpc) is 2.89. The van der Waals surface area contributed by atoms with Crippen LogP contribution >= 0.6 is 11.6 Å². The van der Waals surface area contributed by atoms with Crippen molar-refractivity contribution in [3.8, 4) is 0 Å². The van der Waals surface area contributed by atoms with Crippen LogP contribution in [0.1, 0.15) is 6.42 Å². The highest BCUT2D eigenvalue weighted by atomic mass is 35.5. The molecule has 1 aromatic rings. The number of hydrogen-bond donors (Lipinski definition) is 1. The summed E-state index contributed by atoms with van der Waals surface area (Å²) in [5.74, 6) is -0.137. The van der Waals surface area contributed by atoms with Gasteiger partial charge in [0.2, 0.25) is 0 Å². The Morgan fingerprint density at radius 1 is 1.61 bits per heavy atom. The third-order valence-electron chi connectivity index (χ3n) is 3.04. The minimum Gasteiger partial charge on any atom is -0.467 e. The Morgan fingerprint density at radius 3 is 3.06 bits per heavy atom. The van der Waals surface area contributed by atoms with Crippen LogP contribution in [0.3, 0.4) is 0 Å². The van der Waals surface area contributed by atoms with Crippen molar-refractivity contribution < 1.29 is 14.3 Å². The van der Waals surface area contributed by atoms with Gasteiger partial charge in [-0.1, -0.05) is 17.7 Å². The molecular weight excluding hydrogens is 254 g/mol. The number of carbonyl (C=O) groups excluding carboxylic acids is 1. The number of esters is 1. The Morgan fingerprint density at radius 2 is 2.44 bits per heavy atom. The van der Waals surface area contributed by atoms with Crippen LogP contribution in [0.5, 0.6) is 0 Å². The molecule has 1 heterocycles. The van der Waals surface area contributed by atoms with Crippen molar-refractivity contribution in [1.82, 2.24) is 0 Å². The number of anilines is 1. The number of hydrogen-bond acceptors (Lipinski definition) is 4. The van der Waals surface area contributed by atoms with Gasteiger partial charge < -0.3 is 14.8 Å². The highest BCUT2D eigenvalue weighted by Gasteiger charge is 2.32. The van der Waals surface area contributed by atoms with Gasteiger partial charge in [0, 0.05) is 23.2 Å². The van der Waals surface area contributed by atoms with Crippen LogP contribution in [-0.4, -0.2) is 32.3 Å². The first kappa shape index (κ1) is 13.2. The summed E-state index contributed by atoms with van der Waals surface area (Å²) in [7, 11) is 1.39. The van der Waals surface area contributed by atoms with E-state index in [-0.39, 0.29) is 11.9 Å². The second kappa shape index (κ2) is 6.07.